The van der Waals surface area contributed by atoms with E-state index in [1.165, 1.54) is 0 Å². The van der Waals surface area contributed by atoms with E-state index in [0.717, 1.165) is 36.0 Å². The summed E-state index contributed by atoms with van der Waals surface area (Å²) in [7, 11) is 1.64. The molecule has 4 heteroatoms. The molecule has 2 N–H and O–H groups in total. The largest absolute Gasteiger partial charge is 0.497 e. The molecule has 0 saturated carbocycles. The number of halogens is 1. The topological polar surface area (TPSA) is 33.3 Å². The molecule has 1 aromatic carbocycles. The van der Waals surface area contributed by atoms with E-state index in [-0.39, 0.29) is 0 Å². The maximum atomic E-state index is 6.19. The molecule has 1 aromatic rings. The Kier molecular flexibility index (Phi) is 3.46. The molecule has 1 aliphatic rings. The molecule has 1 unspecified atom stereocenters. The molecule has 2 rings (SSSR count). The normalized spacial score (nSPS) is 21.3. The second-order valence-electron chi connectivity index (χ2n) is 3.60. The van der Waals surface area contributed by atoms with Crippen molar-refractivity contribution >= 4 is 11.6 Å². The van der Waals surface area contributed by atoms with E-state index in [4.69, 9.17) is 16.3 Å². The van der Waals surface area contributed by atoms with Crippen molar-refractivity contribution in [3.8, 4) is 5.75 Å². The Labute approximate surface area is 94.8 Å². The molecule has 1 atom stereocenters. The number of ether oxygens (including phenoxy) is 1. The van der Waals surface area contributed by atoms with Crippen molar-refractivity contribution < 1.29 is 4.74 Å². The van der Waals surface area contributed by atoms with Crippen LogP contribution in [-0.2, 0) is 0 Å². The monoisotopic (exact) mass is 226 g/mol. The lowest BCUT2D eigenvalue weighted by molar-refractivity contribution is 0.412. The quantitative estimate of drug-likeness (QED) is 0.804. The van der Waals surface area contributed by atoms with Crippen molar-refractivity contribution in [1.29, 1.82) is 0 Å². The molecule has 0 spiro atoms. The van der Waals surface area contributed by atoms with Crippen molar-refractivity contribution in [3.63, 3.8) is 0 Å². The fraction of sp³-hybridized carbons (Fsp3) is 0.455. The van der Waals surface area contributed by atoms with Gasteiger partial charge in [0.25, 0.3) is 0 Å². The Bertz CT molecular complexity index is 337. The minimum absolute atomic E-state index is 0.303. The van der Waals surface area contributed by atoms with Crippen LogP contribution in [0, 0.1) is 0 Å². The van der Waals surface area contributed by atoms with Crippen molar-refractivity contribution in [2.24, 2.45) is 0 Å². The first-order valence-corrected chi connectivity index (χ1v) is 5.46. The number of piperazine rings is 1. The highest BCUT2D eigenvalue weighted by atomic mass is 35.5. The number of benzene rings is 1. The summed E-state index contributed by atoms with van der Waals surface area (Å²) < 4.78 is 5.12. The third kappa shape index (κ3) is 2.43. The zero-order valence-corrected chi connectivity index (χ0v) is 9.47. The molecule has 3 nitrogen and oxygen atoms in total. The van der Waals surface area contributed by atoms with Gasteiger partial charge in [-0.1, -0.05) is 17.7 Å². The van der Waals surface area contributed by atoms with Crippen molar-refractivity contribution in [2.75, 3.05) is 26.7 Å². The molecule has 1 fully saturated rings. The van der Waals surface area contributed by atoms with Crippen molar-refractivity contribution in [2.45, 2.75) is 6.04 Å². The van der Waals surface area contributed by atoms with Crippen LogP contribution < -0.4 is 15.4 Å². The van der Waals surface area contributed by atoms with Crippen LogP contribution in [0.15, 0.2) is 18.2 Å². The number of hydrogen-bond donors (Lipinski definition) is 2. The van der Waals surface area contributed by atoms with E-state index in [0.29, 0.717) is 6.04 Å². The summed E-state index contributed by atoms with van der Waals surface area (Å²) in [5, 5.41) is 7.52. The Hall–Kier alpha value is -0.770. The predicted octanol–water partition coefficient (Wildman–Crippen LogP) is 1.58. The molecule has 0 aliphatic carbocycles. The molecule has 0 aromatic heterocycles. The van der Waals surface area contributed by atoms with Gasteiger partial charge in [0, 0.05) is 30.7 Å². The van der Waals surface area contributed by atoms with Gasteiger partial charge in [0.15, 0.2) is 0 Å². The summed E-state index contributed by atoms with van der Waals surface area (Å²) in [5.41, 5.74) is 1.13. The van der Waals surface area contributed by atoms with Gasteiger partial charge in [-0.05, 0) is 17.7 Å². The van der Waals surface area contributed by atoms with Crippen LogP contribution in [0.25, 0.3) is 0 Å². The molecular weight excluding hydrogens is 212 g/mol. The zero-order valence-electron chi connectivity index (χ0n) is 8.72. The SMILES string of the molecule is COc1ccc(C2CNCCN2)c(Cl)c1. The number of nitrogens with one attached hydrogen (secondary N) is 2. The lowest BCUT2D eigenvalue weighted by Gasteiger charge is -2.25. The minimum Gasteiger partial charge on any atom is -0.497 e. The summed E-state index contributed by atoms with van der Waals surface area (Å²) in [4.78, 5) is 0. The standard InChI is InChI=1S/C11H15ClN2O/c1-15-8-2-3-9(10(12)6-8)11-7-13-4-5-14-11/h2-3,6,11,13-14H,4-5,7H2,1H3. The van der Waals surface area contributed by atoms with E-state index >= 15 is 0 Å². The summed E-state index contributed by atoms with van der Waals surface area (Å²) in [6.45, 7) is 2.92. The molecule has 1 saturated heterocycles. The second kappa shape index (κ2) is 4.84. The zero-order chi connectivity index (χ0) is 10.7. The Morgan fingerprint density at radius 3 is 2.87 bits per heavy atom. The van der Waals surface area contributed by atoms with E-state index in [1.807, 2.05) is 18.2 Å². The molecule has 1 aliphatic heterocycles. The molecule has 15 heavy (non-hydrogen) atoms. The highest BCUT2D eigenvalue weighted by molar-refractivity contribution is 6.31. The van der Waals surface area contributed by atoms with Crippen LogP contribution >= 0.6 is 11.6 Å². The molecule has 0 bridgehead atoms. The maximum absolute atomic E-state index is 6.19. The van der Waals surface area contributed by atoms with Gasteiger partial charge >= 0.3 is 0 Å². The summed E-state index contributed by atoms with van der Waals surface area (Å²) in [6.07, 6.45) is 0. The van der Waals surface area contributed by atoms with Crippen LogP contribution in [0.1, 0.15) is 11.6 Å². The smallest absolute Gasteiger partial charge is 0.120 e. The van der Waals surface area contributed by atoms with Gasteiger partial charge in [-0.25, -0.2) is 0 Å². The fourth-order valence-electron chi connectivity index (χ4n) is 1.79. The van der Waals surface area contributed by atoms with Gasteiger partial charge in [0.1, 0.15) is 5.75 Å². The van der Waals surface area contributed by atoms with Gasteiger partial charge in [-0.2, -0.15) is 0 Å². The number of hydrogen-bond acceptors (Lipinski definition) is 3. The third-order valence-corrected chi connectivity index (χ3v) is 2.95. The maximum Gasteiger partial charge on any atom is 0.120 e. The van der Waals surface area contributed by atoms with E-state index in [2.05, 4.69) is 10.6 Å². The van der Waals surface area contributed by atoms with Gasteiger partial charge in [0.05, 0.1) is 7.11 Å². The van der Waals surface area contributed by atoms with Gasteiger partial charge in [0.2, 0.25) is 0 Å². The minimum atomic E-state index is 0.303. The average molecular weight is 227 g/mol. The highest BCUT2D eigenvalue weighted by Gasteiger charge is 2.16. The Balaban J connectivity index is 2.19. The summed E-state index contributed by atoms with van der Waals surface area (Å²) in [6, 6.07) is 6.12. The number of methoxy groups -OCH3 is 1. The Morgan fingerprint density at radius 2 is 2.27 bits per heavy atom. The second-order valence-corrected chi connectivity index (χ2v) is 4.01. The van der Waals surface area contributed by atoms with Crippen LogP contribution in [0.3, 0.4) is 0 Å². The first kappa shape index (κ1) is 10.7. The van der Waals surface area contributed by atoms with Crippen LogP contribution in [0.2, 0.25) is 5.02 Å². The van der Waals surface area contributed by atoms with E-state index < -0.39 is 0 Å². The van der Waals surface area contributed by atoms with Gasteiger partial charge in [-0.15, -0.1) is 0 Å². The molecule has 0 radical (unpaired) electrons. The van der Waals surface area contributed by atoms with Crippen LogP contribution in [0.4, 0.5) is 0 Å². The van der Waals surface area contributed by atoms with Crippen molar-refractivity contribution in [3.05, 3.63) is 28.8 Å². The molecule has 0 amide bonds. The number of rotatable bonds is 2. The predicted molar refractivity (Wildman–Crippen MR) is 61.6 cm³/mol. The van der Waals surface area contributed by atoms with Crippen LogP contribution in [-0.4, -0.2) is 26.7 Å². The Morgan fingerprint density at radius 1 is 1.40 bits per heavy atom. The van der Waals surface area contributed by atoms with Crippen LogP contribution in [0.5, 0.6) is 5.75 Å². The average Bonchev–Trinajstić information content (AvgIpc) is 2.30. The molecule has 1 heterocycles. The summed E-state index contributed by atoms with van der Waals surface area (Å²) in [5.74, 6) is 0.799. The molecular formula is C11H15ClN2O. The lowest BCUT2D eigenvalue weighted by Crippen LogP contribution is -2.42. The first-order chi connectivity index (χ1) is 7.31. The van der Waals surface area contributed by atoms with E-state index in [9.17, 15) is 0 Å². The highest BCUT2D eigenvalue weighted by Crippen LogP contribution is 2.27. The van der Waals surface area contributed by atoms with Gasteiger partial charge < -0.3 is 15.4 Å². The van der Waals surface area contributed by atoms with Crippen molar-refractivity contribution in [1.82, 2.24) is 10.6 Å². The third-order valence-electron chi connectivity index (χ3n) is 2.62. The molecule has 82 valence electrons. The lowest BCUT2D eigenvalue weighted by atomic mass is 10.1. The first-order valence-electron chi connectivity index (χ1n) is 5.09. The van der Waals surface area contributed by atoms with E-state index in [1.54, 1.807) is 7.11 Å². The fourth-order valence-corrected chi connectivity index (χ4v) is 2.09. The summed E-state index contributed by atoms with van der Waals surface area (Å²) >= 11 is 6.19. The van der Waals surface area contributed by atoms with Gasteiger partial charge in [-0.3, -0.25) is 0 Å².